The van der Waals surface area contributed by atoms with Crippen LogP contribution in [0.3, 0.4) is 0 Å². The second kappa shape index (κ2) is 8.08. The van der Waals surface area contributed by atoms with Crippen LogP contribution in [-0.2, 0) is 9.53 Å². The Balaban J connectivity index is 1.63. The molecule has 1 aliphatic rings. The number of carbonyl (C=O) groups excluding carboxylic acids is 1. The van der Waals surface area contributed by atoms with Crippen molar-refractivity contribution < 1.29 is 9.53 Å². The molecule has 2 atom stereocenters. The van der Waals surface area contributed by atoms with E-state index in [0.717, 1.165) is 42.8 Å². The lowest BCUT2D eigenvalue weighted by molar-refractivity contribution is -0.117. The van der Waals surface area contributed by atoms with E-state index in [-0.39, 0.29) is 18.1 Å². The molecular formula is C20H24N2O2. The summed E-state index contributed by atoms with van der Waals surface area (Å²) in [6.45, 7) is 3.43. The van der Waals surface area contributed by atoms with Crippen LogP contribution in [0.5, 0.6) is 0 Å². The van der Waals surface area contributed by atoms with E-state index in [1.165, 1.54) is 0 Å². The molecule has 126 valence electrons. The van der Waals surface area contributed by atoms with Gasteiger partial charge in [-0.15, -0.1) is 0 Å². The summed E-state index contributed by atoms with van der Waals surface area (Å²) in [6, 6.07) is 17.7. The molecule has 1 aliphatic heterocycles. The molecule has 4 nitrogen and oxygen atoms in total. The van der Waals surface area contributed by atoms with Crippen molar-refractivity contribution in [2.75, 3.05) is 18.5 Å². The van der Waals surface area contributed by atoms with Gasteiger partial charge < -0.3 is 15.4 Å². The van der Waals surface area contributed by atoms with Gasteiger partial charge in [-0.3, -0.25) is 4.79 Å². The fourth-order valence-corrected chi connectivity index (χ4v) is 2.91. The van der Waals surface area contributed by atoms with Gasteiger partial charge in [0.2, 0.25) is 5.91 Å². The van der Waals surface area contributed by atoms with Crippen molar-refractivity contribution in [2.24, 2.45) is 0 Å². The Morgan fingerprint density at radius 3 is 2.67 bits per heavy atom. The molecule has 1 saturated heterocycles. The van der Waals surface area contributed by atoms with Gasteiger partial charge in [-0.25, -0.2) is 0 Å². The van der Waals surface area contributed by atoms with Gasteiger partial charge in [0.15, 0.2) is 0 Å². The maximum atomic E-state index is 12.5. The summed E-state index contributed by atoms with van der Waals surface area (Å²) in [5.41, 5.74) is 2.95. The minimum atomic E-state index is -0.266. The van der Waals surface area contributed by atoms with E-state index >= 15 is 0 Å². The highest BCUT2D eigenvalue weighted by Crippen LogP contribution is 2.27. The SMILES string of the molecule is C[C@H](NC[C@H]1CCCO1)C(=O)Nc1ccccc1-c1ccccc1. The molecule has 4 heteroatoms. The molecule has 1 amide bonds. The summed E-state index contributed by atoms with van der Waals surface area (Å²) < 4.78 is 5.58. The lowest BCUT2D eigenvalue weighted by Gasteiger charge is -2.18. The van der Waals surface area contributed by atoms with Gasteiger partial charge in [0, 0.05) is 24.4 Å². The average Bonchev–Trinajstić information content (AvgIpc) is 3.14. The highest BCUT2D eigenvalue weighted by Gasteiger charge is 2.19. The van der Waals surface area contributed by atoms with Crippen LogP contribution in [0.1, 0.15) is 19.8 Å². The summed E-state index contributed by atoms with van der Waals surface area (Å²) >= 11 is 0. The molecule has 0 aliphatic carbocycles. The lowest BCUT2D eigenvalue weighted by atomic mass is 10.0. The van der Waals surface area contributed by atoms with E-state index in [9.17, 15) is 4.79 Å². The predicted molar refractivity (Wildman–Crippen MR) is 96.9 cm³/mol. The molecule has 0 unspecified atom stereocenters. The normalized spacial score (nSPS) is 18.3. The van der Waals surface area contributed by atoms with Crippen molar-refractivity contribution in [3.63, 3.8) is 0 Å². The second-order valence-corrected chi connectivity index (χ2v) is 6.17. The summed E-state index contributed by atoms with van der Waals surface area (Å²) in [5.74, 6) is -0.0311. The monoisotopic (exact) mass is 324 g/mol. The number of benzene rings is 2. The Bertz CT molecular complexity index is 666. The molecule has 24 heavy (non-hydrogen) atoms. The number of nitrogens with one attached hydrogen (secondary N) is 2. The van der Waals surface area contributed by atoms with Gasteiger partial charge in [0.25, 0.3) is 0 Å². The zero-order valence-electron chi connectivity index (χ0n) is 14.0. The second-order valence-electron chi connectivity index (χ2n) is 6.17. The molecular weight excluding hydrogens is 300 g/mol. The molecule has 1 heterocycles. The summed E-state index contributed by atoms with van der Waals surface area (Å²) in [5, 5.41) is 6.31. The van der Waals surface area contributed by atoms with Crippen LogP contribution in [0.4, 0.5) is 5.69 Å². The molecule has 3 rings (SSSR count). The van der Waals surface area contributed by atoms with Crippen LogP contribution in [0.15, 0.2) is 54.6 Å². The first kappa shape index (κ1) is 16.7. The molecule has 0 saturated carbocycles. The number of anilines is 1. The number of hydrogen-bond donors (Lipinski definition) is 2. The Morgan fingerprint density at radius 1 is 1.17 bits per heavy atom. The van der Waals surface area contributed by atoms with Crippen LogP contribution in [0.25, 0.3) is 11.1 Å². The highest BCUT2D eigenvalue weighted by atomic mass is 16.5. The average molecular weight is 324 g/mol. The molecule has 2 aromatic rings. The van der Waals surface area contributed by atoms with Gasteiger partial charge in [0.05, 0.1) is 12.1 Å². The van der Waals surface area contributed by atoms with Crippen molar-refractivity contribution in [3.05, 3.63) is 54.6 Å². The standard InChI is InChI=1S/C20H24N2O2/c1-15(21-14-17-10-7-13-24-17)20(23)22-19-12-6-5-11-18(19)16-8-3-2-4-9-16/h2-6,8-9,11-12,15,17,21H,7,10,13-14H2,1H3,(H,22,23)/t15-,17+/m0/s1. The van der Waals surface area contributed by atoms with Crippen LogP contribution < -0.4 is 10.6 Å². The fourth-order valence-electron chi connectivity index (χ4n) is 2.91. The first-order valence-corrected chi connectivity index (χ1v) is 8.54. The first-order valence-electron chi connectivity index (χ1n) is 8.54. The third-order valence-corrected chi connectivity index (χ3v) is 4.34. The number of carbonyl (C=O) groups is 1. The Labute approximate surface area is 143 Å². The third kappa shape index (κ3) is 4.22. The minimum Gasteiger partial charge on any atom is -0.377 e. The molecule has 0 spiro atoms. The van der Waals surface area contributed by atoms with E-state index in [1.54, 1.807) is 0 Å². The van der Waals surface area contributed by atoms with E-state index in [2.05, 4.69) is 10.6 Å². The van der Waals surface area contributed by atoms with Crippen LogP contribution >= 0.6 is 0 Å². The van der Waals surface area contributed by atoms with Crippen molar-refractivity contribution in [1.82, 2.24) is 5.32 Å². The maximum absolute atomic E-state index is 12.5. The van der Waals surface area contributed by atoms with Gasteiger partial charge >= 0.3 is 0 Å². The Morgan fingerprint density at radius 2 is 1.92 bits per heavy atom. The molecule has 0 radical (unpaired) electrons. The number of rotatable bonds is 6. The highest BCUT2D eigenvalue weighted by molar-refractivity contribution is 5.98. The van der Waals surface area contributed by atoms with E-state index < -0.39 is 0 Å². The smallest absolute Gasteiger partial charge is 0.241 e. The summed E-state index contributed by atoms with van der Waals surface area (Å²) in [6.07, 6.45) is 2.41. The van der Waals surface area contributed by atoms with Gasteiger partial charge in [-0.1, -0.05) is 48.5 Å². The van der Waals surface area contributed by atoms with Gasteiger partial charge in [0.1, 0.15) is 0 Å². The molecule has 0 bridgehead atoms. The molecule has 2 N–H and O–H groups in total. The van der Waals surface area contributed by atoms with Crippen LogP contribution in [0.2, 0.25) is 0 Å². The molecule has 1 fully saturated rings. The maximum Gasteiger partial charge on any atom is 0.241 e. The van der Waals surface area contributed by atoms with Crippen molar-refractivity contribution in [1.29, 1.82) is 0 Å². The lowest BCUT2D eigenvalue weighted by Crippen LogP contribution is -2.41. The number of amides is 1. The summed E-state index contributed by atoms with van der Waals surface area (Å²) in [7, 11) is 0. The fraction of sp³-hybridized carbons (Fsp3) is 0.350. The molecule has 2 aromatic carbocycles. The zero-order valence-corrected chi connectivity index (χ0v) is 14.0. The van der Waals surface area contributed by atoms with Gasteiger partial charge in [-0.05, 0) is 31.4 Å². The Hall–Kier alpha value is -2.17. The van der Waals surface area contributed by atoms with Crippen molar-refractivity contribution in [2.45, 2.75) is 31.9 Å². The third-order valence-electron chi connectivity index (χ3n) is 4.34. The van der Waals surface area contributed by atoms with Crippen LogP contribution in [-0.4, -0.2) is 31.2 Å². The summed E-state index contributed by atoms with van der Waals surface area (Å²) in [4.78, 5) is 12.5. The van der Waals surface area contributed by atoms with Crippen molar-refractivity contribution in [3.8, 4) is 11.1 Å². The first-order chi connectivity index (χ1) is 11.7. The minimum absolute atomic E-state index is 0.0311. The zero-order chi connectivity index (χ0) is 16.8. The number of hydrogen-bond acceptors (Lipinski definition) is 3. The van der Waals surface area contributed by atoms with Crippen LogP contribution in [0, 0.1) is 0 Å². The number of ether oxygens (including phenoxy) is 1. The van der Waals surface area contributed by atoms with E-state index in [1.807, 2.05) is 61.5 Å². The van der Waals surface area contributed by atoms with E-state index in [4.69, 9.17) is 4.74 Å². The largest absolute Gasteiger partial charge is 0.377 e. The van der Waals surface area contributed by atoms with Crippen molar-refractivity contribution >= 4 is 11.6 Å². The van der Waals surface area contributed by atoms with E-state index in [0.29, 0.717) is 0 Å². The molecule has 0 aromatic heterocycles. The van der Waals surface area contributed by atoms with Gasteiger partial charge in [-0.2, -0.15) is 0 Å². The number of para-hydroxylation sites is 1. The topological polar surface area (TPSA) is 50.4 Å². The Kier molecular flexibility index (Phi) is 5.62. The quantitative estimate of drug-likeness (QED) is 0.856. The predicted octanol–water partition coefficient (Wildman–Crippen LogP) is 3.45.